The molecule has 0 fully saturated rings. The van der Waals surface area contributed by atoms with Gasteiger partial charge in [0.1, 0.15) is 25.4 Å². The first-order chi connectivity index (χ1) is 14.2. The van der Waals surface area contributed by atoms with E-state index in [1.807, 2.05) is 0 Å². The van der Waals surface area contributed by atoms with Crippen LogP contribution in [0.1, 0.15) is 13.8 Å². The lowest BCUT2D eigenvalue weighted by Crippen LogP contribution is -2.25. The second-order valence-corrected chi connectivity index (χ2v) is 6.44. The fraction of sp³-hybridized carbons (Fsp3) is 0.700. The van der Waals surface area contributed by atoms with Gasteiger partial charge in [-0.3, -0.25) is 0 Å². The molecule has 10 nitrogen and oxygen atoms in total. The lowest BCUT2D eigenvalue weighted by Gasteiger charge is -2.12. The van der Waals surface area contributed by atoms with Crippen molar-refractivity contribution in [3.05, 3.63) is 24.3 Å². The van der Waals surface area contributed by atoms with Crippen molar-refractivity contribution < 1.29 is 48.2 Å². The molecule has 0 aliphatic carbocycles. The summed E-state index contributed by atoms with van der Waals surface area (Å²) in [6.45, 7) is 11.6. The fourth-order valence-electron chi connectivity index (χ4n) is 1.68. The molecule has 0 aromatic heterocycles. The van der Waals surface area contributed by atoms with Gasteiger partial charge in [0.2, 0.25) is 0 Å². The van der Waals surface area contributed by atoms with Crippen molar-refractivity contribution in [3.8, 4) is 0 Å². The number of hydrogen-bond acceptors (Lipinski definition) is 10. The summed E-state index contributed by atoms with van der Waals surface area (Å²) in [4.78, 5) is 22.3. The molecule has 0 saturated heterocycles. The Bertz CT molecular complexity index is 474. The zero-order valence-electron chi connectivity index (χ0n) is 17.8. The van der Waals surface area contributed by atoms with Crippen LogP contribution in [0.5, 0.6) is 0 Å². The van der Waals surface area contributed by atoms with Crippen molar-refractivity contribution in [1.29, 1.82) is 0 Å². The van der Waals surface area contributed by atoms with Gasteiger partial charge >= 0.3 is 11.9 Å². The van der Waals surface area contributed by atoms with Gasteiger partial charge in [-0.05, 0) is 13.8 Å². The van der Waals surface area contributed by atoms with E-state index < -0.39 is 24.1 Å². The molecule has 2 unspecified atom stereocenters. The Hall–Kier alpha value is -1.82. The van der Waals surface area contributed by atoms with Crippen molar-refractivity contribution in [2.75, 3.05) is 66.1 Å². The lowest BCUT2D eigenvalue weighted by molar-refractivity contribution is -0.144. The van der Waals surface area contributed by atoms with E-state index >= 15 is 0 Å². The van der Waals surface area contributed by atoms with E-state index in [2.05, 4.69) is 13.2 Å². The Morgan fingerprint density at radius 1 is 0.633 bits per heavy atom. The van der Waals surface area contributed by atoms with Crippen LogP contribution in [0.2, 0.25) is 0 Å². The smallest absolute Gasteiger partial charge is 0.333 e. The molecule has 0 aromatic rings. The molecule has 0 amide bonds. The third-order valence-corrected chi connectivity index (χ3v) is 3.25. The number of rotatable bonds is 19. The first-order valence-corrected chi connectivity index (χ1v) is 9.56. The summed E-state index contributed by atoms with van der Waals surface area (Å²) in [5.74, 6) is -1.11. The van der Waals surface area contributed by atoms with Gasteiger partial charge in [0.05, 0.1) is 52.9 Å². The molecule has 0 rings (SSSR count). The van der Waals surface area contributed by atoms with Crippen LogP contribution in [-0.2, 0) is 38.0 Å². The first-order valence-electron chi connectivity index (χ1n) is 9.56. The highest BCUT2D eigenvalue weighted by Gasteiger charge is 2.10. The Labute approximate surface area is 177 Å². The van der Waals surface area contributed by atoms with Crippen LogP contribution in [-0.4, -0.2) is 100 Å². The van der Waals surface area contributed by atoms with E-state index in [1.165, 1.54) is 13.8 Å². The molecule has 0 aliphatic heterocycles. The maximum absolute atomic E-state index is 11.2. The average Bonchev–Trinajstić information content (AvgIpc) is 2.70. The second-order valence-electron chi connectivity index (χ2n) is 6.44. The molecule has 0 bridgehead atoms. The number of carbonyl (C=O) groups excluding carboxylic acids is 2. The Kier molecular flexibility index (Phi) is 16.9. The van der Waals surface area contributed by atoms with Gasteiger partial charge in [0.15, 0.2) is 0 Å². The number of aliphatic hydroxyl groups is 2. The van der Waals surface area contributed by atoms with Gasteiger partial charge < -0.3 is 38.6 Å². The van der Waals surface area contributed by atoms with Crippen LogP contribution in [0.25, 0.3) is 0 Å². The van der Waals surface area contributed by atoms with Crippen molar-refractivity contribution in [2.24, 2.45) is 0 Å². The zero-order chi connectivity index (χ0) is 22.8. The summed E-state index contributed by atoms with van der Waals surface area (Å²) >= 11 is 0. The lowest BCUT2D eigenvalue weighted by atomic mass is 10.3. The van der Waals surface area contributed by atoms with Crippen LogP contribution in [0, 0.1) is 0 Å². The summed E-state index contributed by atoms with van der Waals surface area (Å²) in [6, 6.07) is 0. The van der Waals surface area contributed by atoms with Gasteiger partial charge in [0, 0.05) is 11.1 Å². The Morgan fingerprint density at radius 3 is 1.23 bits per heavy atom. The molecule has 0 saturated carbocycles. The molecule has 0 heterocycles. The molecule has 30 heavy (non-hydrogen) atoms. The summed E-state index contributed by atoms with van der Waals surface area (Å²) in [7, 11) is 0. The van der Waals surface area contributed by atoms with Gasteiger partial charge in [-0.25, -0.2) is 9.59 Å². The molecule has 0 radical (unpaired) electrons. The minimum atomic E-state index is -0.909. The predicted octanol–water partition coefficient (Wildman–Crippen LogP) is 0.0132. The maximum Gasteiger partial charge on any atom is 0.333 e. The largest absolute Gasteiger partial charge is 0.460 e. The SMILES string of the molecule is C=C(C)C(=O)OCC(O)COCCOCCOCCOCC(O)COC(=O)C(=C)C. The third kappa shape index (κ3) is 17.1. The monoisotopic (exact) mass is 434 g/mol. The van der Waals surface area contributed by atoms with Crippen LogP contribution < -0.4 is 0 Å². The van der Waals surface area contributed by atoms with Gasteiger partial charge in [0.25, 0.3) is 0 Å². The highest BCUT2D eigenvalue weighted by molar-refractivity contribution is 5.87. The molecule has 2 N–H and O–H groups in total. The quantitative estimate of drug-likeness (QED) is 0.163. The molecule has 10 heteroatoms. The molecule has 2 atom stereocenters. The maximum atomic E-state index is 11.2. The molecule has 0 spiro atoms. The highest BCUT2D eigenvalue weighted by atomic mass is 16.6. The van der Waals surface area contributed by atoms with Crippen LogP contribution in [0.4, 0.5) is 0 Å². The van der Waals surface area contributed by atoms with Crippen LogP contribution in [0.3, 0.4) is 0 Å². The minimum Gasteiger partial charge on any atom is -0.460 e. The first kappa shape index (κ1) is 28.2. The number of carbonyl (C=O) groups is 2. The number of ether oxygens (including phenoxy) is 6. The van der Waals surface area contributed by atoms with Gasteiger partial charge in [-0.1, -0.05) is 13.2 Å². The van der Waals surface area contributed by atoms with Crippen LogP contribution >= 0.6 is 0 Å². The number of aliphatic hydroxyl groups excluding tert-OH is 2. The van der Waals surface area contributed by atoms with Crippen LogP contribution in [0.15, 0.2) is 24.3 Å². The van der Waals surface area contributed by atoms with E-state index in [-0.39, 0.29) is 50.8 Å². The van der Waals surface area contributed by atoms with E-state index in [0.29, 0.717) is 26.4 Å². The summed E-state index contributed by atoms with van der Waals surface area (Å²) in [6.07, 6.45) is -1.82. The minimum absolute atomic E-state index is 0.0267. The van der Waals surface area contributed by atoms with E-state index in [0.717, 1.165) is 0 Å². The van der Waals surface area contributed by atoms with Crippen molar-refractivity contribution >= 4 is 11.9 Å². The highest BCUT2D eigenvalue weighted by Crippen LogP contribution is 1.96. The van der Waals surface area contributed by atoms with Crippen molar-refractivity contribution in [3.63, 3.8) is 0 Å². The standard InChI is InChI=1S/C20H34O10/c1-15(2)19(23)29-13-17(21)11-27-9-7-25-5-6-26-8-10-28-12-18(22)14-30-20(24)16(3)4/h17-18,21-22H,1,3,5-14H2,2,4H3. The number of hydrogen-bond donors (Lipinski definition) is 2. The van der Waals surface area contributed by atoms with Crippen molar-refractivity contribution in [2.45, 2.75) is 26.1 Å². The molecule has 0 aliphatic rings. The Balaban J connectivity index is 3.36. The van der Waals surface area contributed by atoms with E-state index in [9.17, 15) is 19.8 Å². The van der Waals surface area contributed by atoms with Crippen molar-refractivity contribution in [1.82, 2.24) is 0 Å². The fourth-order valence-corrected chi connectivity index (χ4v) is 1.68. The number of esters is 2. The molecular formula is C20H34O10. The normalized spacial score (nSPS) is 12.8. The molecule has 174 valence electrons. The van der Waals surface area contributed by atoms with Gasteiger partial charge in [-0.2, -0.15) is 0 Å². The molecular weight excluding hydrogens is 400 g/mol. The summed E-state index contributed by atoms with van der Waals surface area (Å²) in [5, 5.41) is 19.2. The summed E-state index contributed by atoms with van der Waals surface area (Å²) < 4.78 is 30.6. The van der Waals surface area contributed by atoms with E-state index in [1.54, 1.807) is 0 Å². The molecule has 0 aromatic carbocycles. The predicted molar refractivity (Wildman–Crippen MR) is 107 cm³/mol. The summed E-state index contributed by atoms with van der Waals surface area (Å²) in [5.41, 5.74) is 0.536. The second kappa shape index (κ2) is 18.0. The third-order valence-electron chi connectivity index (χ3n) is 3.25. The van der Waals surface area contributed by atoms with E-state index in [4.69, 9.17) is 28.4 Å². The average molecular weight is 434 g/mol. The zero-order valence-corrected chi connectivity index (χ0v) is 17.8. The van der Waals surface area contributed by atoms with Gasteiger partial charge in [-0.15, -0.1) is 0 Å². The Morgan fingerprint density at radius 2 is 0.933 bits per heavy atom. The topological polar surface area (TPSA) is 130 Å².